The summed E-state index contributed by atoms with van der Waals surface area (Å²) in [4.78, 5) is 24.9. The van der Waals surface area contributed by atoms with Gasteiger partial charge in [0.25, 0.3) is 0 Å². The zero-order valence-corrected chi connectivity index (χ0v) is 16.1. The Hall–Kier alpha value is -2.47. The minimum Gasteiger partial charge on any atom is -0.497 e. The molecule has 2 N–H and O–H groups in total. The lowest BCUT2D eigenvalue weighted by Gasteiger charge is -2.17. The van der Waals surface area contributed by atoms with Crippen molar-refractivity contribution in [2.75, 3.05) is 12.9 Å². The standard InChI is InChI=1S/C20H24N2O3S/c1-14-4-6-16(7-5-14)12-21-20(24)19(22-15(2)23)13-26-18-10-8-17(25-3)9-11-18/h4-11,19H,12-13H2,1-3H3,(H,21,24)(H,22,23). The topological polar surface area (TPSA) is 67.4 Å². The van der Waals surface area contributed by atoms with Gasteiger partial charge < -0.3 is 15.4 Å². The molecule has 1 atom stereocenters. The van der Waals surface area contributed by atoms with Crippen molar-refractivity contribution < 1.29 is 14.3 Å². The maximum atomic E-state index is 12.5. The Morgan fingerprint density at radius 3 is 2.31 bits per heavy atom. The number of rotatable bonds is 8. The quantitative estimate of drug-likeness (QED) is 0.699. The van der Waals surface area contributed by atoms with E-state index in [4.69, 9.17) is 4.74 Å². The average molecular weight is 372 g/mol. The van der Waals surface area contributed by atoms with Crippen LogP contribution in [0.3, 0.4) is 0 Å². The smallest absolute Gasteiger partial charge is 0.243 e. The zero-order chi connectivity index (χ0) is 18.9. The van der Waals surface area contributed by atoms with Crippen molar-refractivity contribution in [1.29, 1.82) is 0 Å². The zero-order valence-electron chi connectivity index (χ0n) is 15.2. The summed E-state index contributed by atoms with van der Waals surface area (Å²) >= 11 is 1.51. The maximum Gasteiger partial charge on any atom is 0.243 e. The molecule has 2 amide bonds. The molecule has 0 aromatic heterocycles. The van der Waals surface area contributed by atoms with Gasteiger partial charge in [-0.25, -0.2) is 0 Å². The second-order valence-corrected chi connectivity index (χ2v) is 7.04. The van der Waals surface area contributed by atoms with Crippen molar-refractivity contribution in [2.45, 2.75) is 31.3 Å². The first-order valence-electron chi connectivity index (χ1n) is 8.35. The number of carbonyl (C=O) groups excluding carboxylic acids is 2. The Bertz CT molecular complexity index is 730. The van der Waals surface area contributed by atoms with E-state index in [1.54, 1.807) is 7.11 Å². The number of ether oxygens (including phenoxy) is 1. The first-order chi connectivity index (χ1) is 12.5. The van der Waals surface area contributed by atoms with Crippen molar-refractivity contribution in [2.24, 2.45) is 0 Å². The molecule has 0 aliphatic rings. The molecule has 26 heavy (non-hydrogen) atoms. The third kappa shape index (κ3) is 6.44. The number of hydrogen-bond donors (Lipinski definition) is 2. The van der Waals surface area contributed by atoms with Gasteiger partial charge in [-0.15, -0.1) is 11.8 Å². The van der Waals surface area contributed by atoms with Gasteiger partial charge in [-0.2, -0.15) is 0 Å². The van der Waals surface area contributed by atoms with Gasteiger partial charge in [0.15, 0.2) is 0 Å². The number of methoxy groups -OCH3 is 1. The normalized spacial score (nSPS) is 11.5. The number of carbonyl (C=O) groups is 2. The number of nitrogens with one attached hydrogen (secondary N) is 2. The second kappa shape index (κ2) is 9.87. The van der Waals surface area contributed by atoms with Crippen molar-refractivity contribution in [1.82, 2.24) is 10.6 Å². The molecule has 6 heteroatoms. The molecule has 2 aromatic rings. The first-order valence-corrected chi connectivity index (χ1v) is 9.33. The van der Waals surface area contributed by atoms with E-state index in [2.05, 4.69) is 10.6 Å². The Balaban J connectivity index is 1.92. The third-order valence-electron chi connectivity index (χ3n) is 3.76. The molecule has 0 radical (unpaired) electrons. The number of amides is 2. The SMILES string of the molecule is COc1ccc(SCC(NC(C)=O)C(=O)NCc2ccc(C)cc2)cc1. The van der Waals surface area contributed by atoms with E-state index in [9.17, 15) is 9.59 Å². The summed E-state index contributed by atoms with van der Waals surface area (Å²) in [6.45, 7) is 3.87. The summed E-state index contributed by atoms with van der Waals surface area (Å²) < 4.78 is 5.14. The van der Waals surface area contributed by atoms with Gasteiger partial charge >= 0.3 is 0 Å². The summed E-state index contributed by atoms with van der Waals surface area (Å²) in [7, 11) is 1.62. The molecule has 1 unspecified atom stereocenters. The van der Waals surface area contributed by atoms with E-state index in [0.29, 0.717) is 12.3 Å². The van der Waals surface area contributed by atoms with Crippen LogP contribution in [0, 0.1) is 6.92 Å². The fourth-order valence-electron chi connectivity index (χ4n) is 2.30. The van der Waals surface area contributed by atoms with E-state index < -0.39 is 6.04 Å². The largest absolute Gasteiger partial charge is 0.497 e. The van der Waals surface area contributed by atoms with Crippen LogP contribution >= 0.6 is 11.8 Å². The van der Waals surface area contributed by atoms with Crippen LogP contribution in [-0.2, 0) is 16.1 Å². The minimum absolute atomic E-state index is 0.193. The number of aryl methyl sites for hydroxylation is 1. The lowest BCUT2D eigenvalue weighted by molar-refractivity contribution is -0.127. The number of hydrogen-bond acceptors (Lipinski definition) is 4. The average Bonchev–Trinajstić information content (AvgIpc) is 2.64. The highest BCUT2D eigenvalue weighted by Gasteiger charge is 2.19. The van der Waals surface area contributed by atoms with Gasteiger partial charge in [0.05, 0.1) is 7.11 Å². The molecular weight excluding hydrogens is 348 g/mol. The summed E-state index contributed by atoms with van der Waals surface area (Å²) in [6.07, 6.45) is 0. The van der Waals surface area contributed by atoms with Crippen LogP contribution in [0.25, 0.3) is 0 Å². The molecule has 0 heterocycles. The molecule has 0 aliphatic carbocycles. The lowest BCUT2D eigenvalue weighted by atomic mass is 10.1. The molecule has 0 spiro atoms. The molecule has 138 valence electrons. The van der Waals surface area contributed by atoms with Crippen LogP contribution in [0.2, 0.25) is 0 Å². The highest BCUT2D eigenvalue weighted by Crippen LogP contribution is 2.22. The summed E-state index contributed by atoms with van der Waals surface area (Å²) in [6, 6.07) is 15.0. The lowest BCUT2D eigenvalue weighted by Crippen LogP contribution is -2.47. The van der Waals surface area contributed by atoms with Crippen molar-refractivity contribution in [3.63, 3.8) is 0 Å². The fourth-order valence-corrected chi connectivity index (χ4v) is 3.22. The molecule has 2 rings (SSSR count). The van der Waals surface area contributed by atoms with Crippen molar-refractivity contribution >= 4 is 23.6 Å². The molecule has 0 aliphatic heterocycles. The van der Waals surface area contributed by atoms with Gasteiger partial charge in [0.1, 0.15) is 11.8 Å². The van der Waals surface area contributed by atoms with Crippen LogP contribution < -0.4 is 15.4 Å². The van der Waals surface area contributed by atoms with Crippen LogP contribution in [0.1, 0.15) is 18.1 Å². The van der Waals surface area contributed by atoms with Crippen LogP contribution in [0.15, 0.2) is 53.4 Å². The number of thioether (sulfide) groups is 1. The first kappa shape index (κ1) is 19.8. The molecule has 0 fully saturated rings. The van der Waals surface area contributed by atoms with Gasteiger partial charge in [0.2, 0.25) is 11.8 Å². The van der Waals surface area contributed by atoms with Gasteiger partial charge in [0, 0.05) is 24.1 Å². The molecular formula is C20H24N2O3S. The Labute approximate surface area is 158 Å². The molecule has 5 nitrogen and oxygen atoms in total. The maximum absolute atomic E-state index is 12.5. The highest BCUT2D eigenvalue weighted by atomic mass is 32.2. The van der Waals surface area contributed by atoms with Crippen molar-refractivity contribution in [3.05, 3.63) is 59.7 Å². The third-order valence-corrected chi connectivity index (χ3v) is 4.86. The van der Waals surface area contributed by atoms with E-state index in [-0.39, 0.29) is 11.8 Å². The van der Waals surface area contributed by atoms with Crippen molar-refractivity contribution in [3.8, 4) is 5.75 Å². The van der Waals surface area contributed by atoms with E-state index in [1.807, 2.05) is 55.5 Å². The monoisotopic (exact) mass is 372 g/mol. The fraction of sp³-hybridized carbons (Fsp3) is 0.300. The number of benzene rings is 2. The van der Waals surface area contributed by atoms with Gasteiger partial charge in [-0.3, -0.25) is 9.59 Å². The minimum atomic E-state index is -0.593. The van der Waals surface area contributed by atoms with Crippen LogP contribution in [-0.4, -0.2) is 30.7 Å². The van der Waals surface area contributed by atoms with E-state index in [0.717, 1.165) is 16.2 Å². The van der Waals surface area contributed by atoms with E-state index >= 15 is 0 Å². The Morgan fingerprint density at radius 1 is 1.08 bits per heavy atom. The highest BCUT2D eigenvalue weighted by molar-refractivity contribution is 7.99. The Kier molecular flexibility index (Phi) is 7.53. The summed E-state index contributed by atoms with van der Waals surface area (Å²) in [5.74, 6) is 0.812. The predicted octanol–water partition coefficient (Wildman–Crippen LogP) is 2.92. The predicted molar refractivity (Wildman–Crippen MR) is 104 cm³/mol. The molecule has 0 saturated carbocycles. The van der Waals surface area contributed by atoms with Crippen LogP contribution in [0.4, 0.5) is 0 Å². The summed E-state index contributed by atoms with van der Waals surface area (Å²) in [5, 5.41) is 5.61. The summed E-state index contributed by atoms with van der Waals surface area (Å²) in [5.41, 5.74) is 2.19. The van der Waals surface area contributed by atoms with E-state index in [1.165, 1.54) is 24.2 Å². The second-order valence-electron chi connectivity index (χ2n) is 5.94. The molecule has 0 saturated heterocycles. The van der Waals surface area contributed by atoms with Crippen LogP contribution in [0.5, 0.6) is 5.75 Å². The molecule has 2 aromatic carbocycles. The molecule has 0 bridgehead atoms. The Morgan fingerprint density at radius 2 is 1.73 bits per heavy atom. The van der Waals surface area contributed by atoms with Gasteiger partial charge in [-0.05, 0) is 36.8 Å². The van der Waals surface area contributed by atoms with Gasteiger partial charge in [-0.1, -0.05) is 29.8 Å².